The van der Waals surface area contributed by atoms with Crippen molar-refractivity contribution in [1.29, 1.82) is 0 Å². The molecule has 0 saturated carbocycles. The van der Waals surface area contributed by atoms with Gasteiger partial charge in [0.2, 0.25) is 0 Å². The second-order valence-corrected chi connectivity index (χ2v) is 3.38. The van der Waals surface area contributed by atoms with Crippen molar-refractivity contribution < 1.29 is 9.84 Å². The number of rotatable bonds is 7. The molecule has 0 radical (unpaired) electrons. The Hall–Kier alpha value is -0.0800. The predicted octanol–water partition coefficient (Wildman–Crippen LogP) is 2.35. The molecule has 0 unspecified atom stereocenters. The van der Waals surface area contributed by atoms with Crippen molar-refractivity contribution in [2.24, 2.45) is 0 Å². The van der Waals surface area contributed by atoms with E-state index in [0.717, 1.165) is 13.0 Å². The van der Waals surface area contributed by atoms with Gasteiger partial charge in [-0.05, 0) is 20.3 Å². The van der Waals surface area contributed by atoms with E-state index in [4.69, 9.17) is 9.84 Å². The van der Waals surface area contributed by atoms with Crippen LogP contribution in [0.2, 0.25) is 0 Å². The first-order chi connectivity index (χ1) is 5.68. The SMILES string of the molecule is CCCCCCO[C@H](C)[C@@H](C)O. The van der Waals surface area contributed by atoms with Gasteiger partial charge < -0.3 is 9.84 Å². The van der Waals surface area contributed by atoms with E-state index in [1.54, 1.807) is 6.92 Å². The third kappa shape index (κ3) is 6.62. The largest absolute Gasteiger partial charge is 0.391 e. The van der Waals surface area contributed by atoms with E-state index in [1.807, 2.05) is 6.92 Å². The van der Waals surface area contributed by atoms with E-state index in [9.17, 15) is 0 Å². The van der Waals surface area contributed by atoms with Gasteiger partial charge in [-0.15, -0.1) is 0 Å². The fourth-order valence-corrected chi connectivity index (χ4v) is 0.937. The van der Waals surface area contributed by atoms with E-state index in [2.05, 4.69) is 6.92 Å². The zero-order valence-corrected chi connectivity index (χ0v) is 8.55. The summed E-state index contributed by atoms with van der Waals surface area (Å²) in [5.41, 5.74) is 0. The smallest absolute Gasteiger partial charge is 0.0803 e. The summed E-state index contributed by atoms with van der Waals surface area (Å²) < 4.78 is 5.40. The van der Waals surface area contributed by atoms with Crippen LogP contribution in [0.25, 0.3) is 0 Å². The molecule has 0 aromatic carbocycles. The highest BCUT2D eigenvalue weighted by atomic mass is 16.5. The lowest BCUT2D eigenvalue weighted by Gasteiger charge is -2.15. The Morgan fingerprint density at radius 1 is 1.17 bits per heavy atom. The number of ether oxygens (including phenoxy) is 1. The highest BCUT2D eigenvalue weighted by Gasteiger charge is 2.07. The van der Waals surface area contributed by atoms with E-state index in [0.29, 0.717) is 0 Å². The summed E-state index contributed by atoms with van der Waals surface area (Å²) in [6.07, 6.45) is 4.52. The van der Waals surface area contributed by atoms with Crippen LogP contribution >= 0.6 is 0 Å². The first kappa shape index (κ1) is 11.9. The van der Waals surface area contributed by atoms with Crippen LogP contribution in [-0.2, 0) is 4.74 Å². The monoisotopic (exact) mass is 174 g/mol. The van der Waals surface area contributed by atoms with Gasteiger partial charge in [-0.3, -0.25) is 0 Å². The molecular weight excluding hydrogens is 152 g/mol. The maximum absolute atomic E-state index is 9.10. The summed E-state index contributed by atoms with van der Waals surface area (Å²) in [4.78, 5) is 0. The summed E-state index contributed by atoms with van der Waals surface area (Å²) in [5.74, 6) is 0. The highest BCUT2D eigenvalue weighted by molar-refractivity contribution is 4.56. The lowest BCUT2D eigenvalue weighted by atomic mass is 10.2. The van der Waals surface area contributed by atoms with Gasteiger partial charge >= 0.3 is 0 Å². The van der Waals surface area contributed by atoms with Crippen LogP contribution in [0.4, 0.5) is 0 Å². The molecule has 0 aliphatic rings. The number of hydrogen-bond donors (Lipinski definition) is 1. The van der Waals surface area contributed by atoms with Crippen molar-refractivity contribution in [3.63, 3.8) is 0 Å². The lowest BCUT2D eigenvalue weighted by Crippen LogP contribution is -2.23. The van der Waals surface area contributed by atoms with E-state index < -0.39 is 0 Å². The van der Waals surface area contributed by atoms with Gasteiger partial charge in [-0.25, -0.2) is 0 Å². The third-order valence-corrected chi connectivity index (χ3v) is 2.06. The second kappa shape index (κ2) is 7.56. The Morgan fingerprint density at radius 2 is 1.83 bits per heavy atom. The first-order valence-corrected chi connectivity index (χ1v) is 4.98. The molecule has 74 valence electrons. The Labute approximate surface area is 75.9 Å². The molecule has 0 aromatic heterocycles. The van der Waals surface area contributed by atoms with Crippen LogP contribution in [0.1, 0.15) is 46.5 Å². The molecule has 12 heavy (non-hydrogen) atoms. The second-order valence-electron chi connectivity index (χ2n) is 3.38. The molecule has 2 heteroatoms. The first-order valence-electron chi connectivity index (χ1n) is 4.98. The highest BCUT2D eigenvalue weighted by Crippen LogP contribution is 2.02. The van der Waals surface area contributed by atoms with Gasteiger partial charge in [0.15, 0.2) is 0 Å². The molecule has 1 N–H and O–H groups in total. The molecule has 0 heterocycles. The van der Waals surface area contributed by atoms with Crippen LogP contribution in [0, 0.1) is 0 Å². The number of unbranched alkanes of at least 4 members (excludes halogenated alkanes) is 3. The normalized spacial score (nSPS) is 16.0. The lowest BCUT2D eigenvalue weighted by molar-refractivity contribution is -0.0193. The Morgan fingerprint density at radius 3 is 2.33 bits per heavy atom. The van der Waals surface area contributed by atoms with Gasteiger partial charge in [-0.1, -0.05) is 26.2 Å². The molecule has 0 aromatic rings. The molecule has 0 spiro atoms. The number of aliphatic hydroxyl groups is 1. The van der Waals surface area contributed by atoms with Gasteiger partial charge in [0.1, 0.15) is 0 Å². The van der Waals surface area contributed by atoms with Crippen LogP contribution in [0.3, 0.4) is 0 Å². The topological polar surface area (TPSA) is 29.5 Å². The molecular formula is C10H22O2. The van der Waals surface area contributed by atoms with Crippen molar-refractivity contribution in [2.75, 3.05) is 6.61 Å². The predicted molar refractivity (Wildman–Crippen MR) is 51.2 cm³/mol. The minimum Gasteiger partial charge on any atom is -0.391 e. The molecule has 0 rings (SSSR count). The summed E-state index contributed by atoms with van der Waals surface area (Å²) >= 11 is 0. The van der Waals surface area contributed by atoms with Crippen LogP contribution in [0.5, 0.6) is 0 Å². The van der Waals surface area contributed by atoms with Crippen LogP contribution in [0.15, 0.2) is 0 Å². The molecule has 0 aliphatic carbocycles. The minimum atomic E-state index is -0.351. The molecule has 0 saturated heterocycles. The Balaban J connectivity index is 3.08. The molecule has 2 atom stereocenters. The van der Waals surface area contributed by atoms with Crippen molar-refractivity contribution in [2.45, 2.75) is 58.7 Å². The average molecular weight is 174 g/mol. The van der Waals surface area contributed by atoms with Gasteiger partial charge in [0.25, 0.3) is 0 Å². The quantitative estimate of drug-likeness (QED) is 0.600. The Kier molecular flexibility index (Phi) is 7.51. The average Bonchev–Trinajstić information content (AvgIpc) is 2.03. The summed E-state index contributed by atoms with van der Waals surface area (Å²) in [5, 5.41) is 9.10. The zero-order valence-electron chi connectivity index (χ0n) is 8.55. The van der Waals surface area contributed by atoms with E-state index in [-0.39, 0.29) is 12.2 Å². The minimum absolute atomic E-state index is 0.0216. The fourth-order valence-electron chi connectivity index (χ4n) is 0.937. The van der Waals surface area contributed by atoms with Crippen molar-refractivity contribution in [1.82, 2.24) is 0 Å². The summed E-state index contributed by atoms with van der Waals surface area (Å²) in [6, 6.07) is 0. The molecule has 0 bridgehead atoms. The fraction of sp³-hybridized carbons (Fsp3) is 1.00. The van der Waals surface area contributed by atoms with E-state index in [1.165, 1.54) is 19.3 Å². The number of hydrogen-bond acceptors (Lipinski definition) is 2. The Bertz CT molecular complexity index is 91.8. The van der Waals surface area contributed by atoms with Gasteiger partial charge in [-0.2, -0.15) is 0 Å². The molecule has 0 aliphatic heterocycles. The summed E-state index contributed by atoms with van der Waals surface area (Å²) in [7, 11) is 0. The molecule has 0 amide bonds. The maximum atomic E-state index is 9.10. The van der Waals surface area contributed by atoms with Crippen LogP contribution < -0.4 is 0 Å². The third-order valence-electron chi connectivity index (χ3n) is 2.06. The van der Waals surface area contributed by atoms with Gasteiger partial charge in [0.05, 0.1) is 12.2 Å². The van der Waals surface area contributed by atoms with Crippen molar-refractivity contribution in [3.05, 3.63) is 0 Å². The molecule has 2 nitrogen and oxygen atoms in total. The van der Waals surface area contributed by atoms with Crippen molar-refractivity contribution >= 4 is 0 Å². The standard InChI is InChI=1S/C10H22O2/c1-4-5-6-7-8-12-10(3)9(2)11/h9-11H,4-8H2,1-3H3/t9-,10-/m1/s1. The number of aliphatic hydroxyl groups excluding tert-OH is 1. The summed E-state index contributed by atoms with van der Waals surface area (Å²) in [6.45, 7) is 6.65. The zero-order chi connectivity index (χ0) is 9.40. The van der Waals surface area contributed by atoms with Crippen molar-refractivity contribution in [3.8, 4) is 0 Å². The van der Waals surface area contributed by atoms with E-state index >= 15 is 0 Å². The van der Waals surface area contributed by atoms with Crippen LogP contribution in [-0.4, -0.2) is 23.9 Å². The molecule has 0 fully saturated rings. The van der Waals surface area contributed by atoms with Gasteiger partial charge in [0, 0.05) is 6.61 Å². The maximum Gasteiger partial charge on any atom is 0.0803 e.